The molecule has 5 atom stereocenters. The van der Waals surface area contributed by atoms with Crippen molar-refractivity contribution < 1.29 is 23.3 Å². The summed E-state index contributed by atoms with van der Waals surface area (Å²) in [6.07, 6.45) is 4.72. The number of likely N-dealkylation sites (tertiary alicyclic amines) is 1. The molecule has 0 aromatic heterocycles. The Morgan fingerprint density at radius 2 is 1.88 bits per heavy atom. The molecule has 2 amide bonds. The van der Waals surface area contributed by atoms with Crippen LogP contribution in [-0.2, 0) is 25.3 Å². The Bertz CT molecular complexity index is 909. The highest BCUT2D eigenvalue weighted by atomic mass is 32.2. The second-order valence-corrected chi connectivity index (χ2v) is 11.3. The third kappa shape index (κ3) is 6.77. The van der Waals surface area contributed by atoms with Crippen molar-refractivity contribution in [3.8, 4) is 0 Å². The van der Waals surface area contributed by atoms with E-state index in [-0.39, 0.29) is 18.2 Å². The van der Waals surface area contributed by atoms with Gasteiger partial charge in [0.2, 0.25) is 5.91 Å². The lowest BCUT2D eigenvalue weighted by atomic mass is 9.81. The van der Waals surface area contributed by atoms with Crippen molar-refractivity contribution in [2.24, 2.45) is 5.92 Å². The number of hydrogen-bond donors (Lipinski definition) is 1. The average Bonchev–Trinajstić information content (AvgIpc) is 3.06. The maximum absolute atomic E-state index is 13.4. The lowest BCUT2D eigenvalue weighted by Crippen LogP contribution is -2.63. The molecule has 0 saturated carbocycles. The maximum atomic E-state index is 13.4. The molecule has 8 heteroatoms. The average molecular weight is 493 g/mol. The van der Waals surface area contributed by atoms with E-state index in [0.29, 0.717) is 11.3 Å². The highest BCUT2D eigenvalue weighted by Crippen LogP contribution is 2.37. The van der Waals surface area contributed by atoms with Crippen LogP contribution >= 0.6 is 0 Å². The molecule has 1 fully saturated rings. The summed E-state index contributed by atoms with van der Waals surface area (Å²) in [4.78, 5) is 28.1. The highest BCUT2D eigenvalue weighted by molar-refractivity contribution is 7.83. The minimum atomic E-state index is -1.59. The van der Waals surface area contributed by atoms with E-state index in [4.69, 9.17) is 9.47 Å². The van der Waals surface area contributed by atoms with E-state index >= 15 is 0 Å². The van der Waals surface area contributed by atoms with E-state index in [0.717, 1.165) is 12.0 Å². The smallest absolute Gasteiger partial charge is 0.417 e. The topological polar surface area (TPSA) is 84.9 Å². The van der Waals surface area contributed by atoms with Gasteiger partial charge in [-0.1, -0.05) is 43.2 Å². The minimum absolute atomic E-state index is 0.162. The van der Waals surface area contributed by atoms with Gasteiger partial charge >= 0.3 is 6.09 Å². The van der Waals surface area contributed by atoms with Gasteiger partial charge in [0.15, 0.2) is 0 Å². The third-order valence-electron chi connectivity index (χ3n) is 6.13. The van der Waals surface area contributed by atoms with Crippen LogP contribution in [0.1, 0.15) is 66.4 Å². The summed E-state index contributed by atoms with van der Waals surface area (Å²) in [5.74, 6) is -0.589. The Balaban J connectivity index is 2.58. The van der Waals surface area contributed by atoms with Gasteiger partial charge in [-0.05, 0) is 60.1 Å². The van der Waals surface area contributed by atoms with E-state index in [2.05, 4.69) is 4.72 Å². The van der Waals surface area contributed by atoms with Crippen LogP contribution in [0.4, 0.5) is 4.79 Å². The van der Waals surface area contributed by atoms with Crippen LogP contribution in [-0.4, -0.2) is 51.5 Å². The zero-order chi connectivity index (χ0) is 25.7. The Morgan fingerprint density at radius 1 is 1.26 bits per heavy atom. The van der Waals surface area contributed by atoms with Crippen LogP contribution in [0, 0.1) is 12.8 Å². The first kappa shape index (κ1) is 28.2. The second-order valence-electron chi connectivity index (χ2n) is 10.1. The number of allylic oxidation sites excluding steroid dienone is 1. The quantitative estimate of drug-likeness (QED) is 0.495. The number of aryl methyl sites for hydroxylation is 1. The predicted molar refractivity (Wildman–Crippen MR) is 135 cm³/mol. The molecule has 1 saturated heterocycles. The molecule has 0 aliphatic carbocycles. The van der Waals surface area contributed by atoms with E-state index in [1.807, 2.05) is 64.1 Å². The van der Waals surface area contributed by atoms with Crippen molar-refractivity contribution in [1.29, 1.82) is 0 Å². The van der Waals surface area contributed by atoms with Crippen LogP contribution in [0.2, 0.25) is 0 Å². The predicted octanol–water partition coefficient (Wildman–Crippen LogP) is 4.91. The monoisotopic (exact) mass is 492 g/mol. The number of rotatable bonds is 9. The molecular formula is C26H40N2O5S. The third-order valence-corrected chi connectivity index (χ3v) is 7.30. The molecule has 1 aliphatic rings. The number of hydrogen-bond acceptors (Lipinski definition) is 5. The lowest BCUT2D eigenvalue weighted by molar-refractivity contribution is -0.129. The molecule has 1 aromatic carbocycles. The normalized spacial score (nSPS) is 22.6. The summed E-state index contributed by atoms with van der Waals surface area (Å²) in [6.45, 7) is 13.1. The first-order valence-electron chi connectivity index (χ1n) is 11.8. The van der Waals surface area contributed by atoms with Gasteiger partial charge < -0.3 is 9.47 Å². The molecule has 0 unspecified atom stereocenters. The maximum Gasteiger partial charge on any atom is 0.417 e. The number of ether oxygens (including phenoxy) is 2. The largest absolute Gasteiger partial charge is 0.443 e. The van der Waals surface area contributed by atoms with E-state index < -0.39 is 40.4 Å². The Kier molecular flexibility index (Phi) is 9.62. The van der Waals surface area contributed by atoms with Gasteiger partial charge in [-0.25, -0.2) is 18.6 Å². The minimum Gasteiger partial charge on any atom is -0.443 e. The first-order valence-corrected chi connectivity index (χ1v) is 13.0. The highest BCUT2D eigenvalue weighted by Gasteiger charge is 2.53. The number of methoxy groups -OCH3 is 1. The molecule has 0 radical (unpaired) electrons. The summed E-state index contributed by atoms with van der Waals surface area (Å²) < 4.78 is 28.3. The van der Waals surface area contributed by atoms with Gasteiger partial charge in [0.25, 0.3) is 0 Å². The van der Waals surface area contributed by atoms with Crippen LogP contribution in [0.15, 0.2) is 41.3 Å². The molecule has 0 bridgehead atoms. The fourth-order valence-corrected chi connectivity index (χ4v) is 5.56. The van der Waals surface area contributed by atoms with Crippen LogP contribution in [0.5, 0.6) is 0 Å². The Hall–Kier alpha value is -2.03. The van der Waals surface area contributed by atoms with Gasteiger partial charge in [0.1, 0.15) is 16.6 Å². The van der Waals surface area contributed by atoms with Gasteiger partial charge in [0, 0.05) is 19.4 Å². The van der Waals surface area contributed by atoms with Crippen molar-refractivity contribution in [2.45, 2.75) is 95.9 Å². The number of benzene rings is 1. The summed E-state index contributed by atoms with van der Waals surface area (Å²) >= 11 is 0. The number of carbonyl (C=O) groups is 2. The van der Waals surface area contributed by atoms with E-state index in [1.165, 1.54) is 4.90 Å². The van der Waals surface area contributed by atoms with E-state index in [1.54, 1.807) is 27.9 Å². The molecule has 34 heavy (non-hydrogen) atoms. The summed E-state index contributed by atoms with van der Waals surface area (Å²) in [7, 11) is 0.0186. The molecule has 7 nitrogen and oxygen atoms in total. The number of nitrogens with one attached hydrogen (secondary N) is 1. The first-order chi connectivity index (χ1) is 15.9. The molecule has 1 N–H and O–H groups in total. The standard InChI is InChI=1S/C26H40N2O5S/c1-9-11-19-17-21(29)28(24(30)33-25(4,5)6)22(19)23(26(7,32-8)16-10-2)27-34(31)20-14-12-18(3)13-15-20/h9,11-15,19,22-23,27H,10,16-17H2,1-8H3/b11-9-/t19-,22-,23-,26+,34-/m1/s1. The Labute approximate surface area is 206 Å². The number of imide groups is 1. The van der Waals surface area contributed by atoms with Crippen molar-refractivity contribution >= 4 is 23.0 Å². The van der Waals surface area contributed by atoms with Crippen LogP contribution < -0.4 is 4.72 Å². The van der Waals surface area contributed by atoms with Crippen molar-refractivity contribution in [3.05, 3.63) is 42.0 Å². The number of nitrogens with zero attached hydrogens (tertiary/aromatic N) is 1. The van der Waals surface area contributed by atoms with Crippen molar-refractivity contribution in [1.82, 2.24) is 9.62 Å². The van der Waals surface area contributed by atoms with Crippen molar-refractivity contribution in [2.75, 3.05) is 7.11 Å². The molecule has 1 heterocycles. The molecule has 190 valence electrons. The molecule has 1 aromatic rings. The van der Waals surface area contributed by atoms with Gasteiger partial charge in [-0.3, -0.25) is 4.79 Å². The van der Waals surface area contributed by atoms with Crippen molar-refractivity contribution in [3.63, 3.8) is 0 Å². The fourth-order valence-electron chi connectivity index (χ4n) is 4.42. The Morgan fingerprint density at radius 3 is 2.38 bits per heavy atom. The molecular weight excluding hydrogens is 452 g/mol. The van der Waals surface area contributed by atoms with E-state index in [9.17, 15) is 13.8 Å². The SMILES string of the molecule is C/C=C\[C@@H]1CC(=O)N(C(=O)OC(C)(C)C)[C@H]1[C@@H](N[S@](=O)c1ccc(C)cc1)[C@](C)(CCC)OC. The van der Waals surface area contributed by atoms with Gasteiger partial charge in [-0.15, -0.1) is 0 Å². The number of carbonyl (C=O) groups excluding carboxylic acids is 2. The second kappa shape index (κ2) is 11.6. The fraction of sp³-hybridized carbons (Fsp3) is 0.615. The van der Waals surface area contributed by atoms with Gasteiger partial charge in [-0.2, -0.15) is 0 Å². The molecule has 0 spiro atoms. The summed E-state index contributed by atoms with van der Waals surface area (Å²) in [5.41, 5.74) is -0.497. The molecule has 2 rings (SSSR count). The van der Waals surface area contributed by atoms with Crippen LogP contribution in [0.25, 0.3) is 0 Å². The summed E-state index contributed by atoms with van der Waals surface area (Å²) in [6, 6.07) is 6.19. The molecule has 1 aliphatic heterocycles. The zero-order valence-electron chi connectivity index (χ0n) is 21.7. The number of amides is 2. The van der Waals surface area contributed by atoms with Crippen LogP contribution in [0.3, 0.4) is 0 Å². The van der Waals surface area contributed by atoms with Gasteiger partial charge in [0.05, 0.1) is 22.6 Å². The zero-order valence-corrected chi connectivity index (χ0v) is 22.5. The summed E-state index contributed by atoms with van der Waals surface area (Å²) in [5, 5.41) is 0. The lowest BCUT2D eigenvalue weighted by Gasteiger charge is -2.43.